The quantitative estimate of drug-likeness (QED) is 0.834. The molecular formula is C13H16F2N2O2. The molecule has 2 N–H and O–H groups in total. The van der Waals surface area contributed by atoms with E-state index in [0.29, 0.717) is 19.8 Å². The molecule has 2 rings (SSSR count). The number of carbonyl (C=O) groups is 1. The van der Waals surface area contributed by atoms with Gasteiger partial charge in [-0.2, -0.15) is 0 Å². The lowest BCUT2D eigenvalue weighted by Crippen LogP contribution is -2.48. The molecule has 104 valence electrons. The topological polar surface area (TPSA) is 55.6 Å². The molecule has 1 aromatic rings. The van der Waals surface area contributed by atoms with Gasteiger partial charge in [-0.15, -0.1) is 0 Å². The zero-order valence-electron chi connectivity index (χ0n) is 10.7. The Hall–Kier alpha value is -1.69. The monoisotopic (exact) mass is 270 g/mol. The molecule has 0 aliphatic carbocycles. The number of amides is 1. The van der Waals surface area contributed by atoms with Gasteiger partial charge in [0, 0.05) is 12.1 Å². The van der Waals surface area contributed by atoms with Gasteiger partial charge in [-0.05, 0) is 18.6 Å². The van der Waals surface area contributed by atoms with Gasteiger partial charge in [0.25, 0.3) is 5.91 Å². The predicted molar refractivity (Wildman–Crippen MR) is 66.7 cm³/mol. The van der Waals surface area contributed by atoms with Crippen LogP contribution in [0.2, 0.25) is 0 Å². The fourth-order valence-corrected chi connectivity index (χ4v) is 2.13. The summed E-state index contributed by atoms with van der Waals surface area (Å²) >= 11 is 0. The molecule has 0 radical (unpaired) electrons. The third-order valence-corrected chi connectivity index (χ3v) is 3.29. The van der Waals surface area contributed by atoms with E-state index in [1.54, 1.807) is 4.90 Å². The van der Waals surface area contributed by atoms with E-state index in [0.717, 1.165) is 18.6 Å². The van der Waals surface area contributed by atoms with Crippen LogP contribution in [0.15, 0.2) is 12.1 Å². The van der Waals surface area contributed by atoms with Crippen molar-refractivity contribution in [1.82, 2.24) is 4.90 Å². The lowest BCUT2D eigenvalue weighted by molar-refractivity contribution is -0.00283. The Morgan fingerprint density at radius 1 is 1.47 bits per heavy atom. The van der Waals surface area contributed by atoms with Gasteiger partial charge in [-0.1, -0.05) is 6.92 Å². The molecule has 0 spiro atoms. The van der Waals surface area contributed by atoms with Crippen LogP contribution >= 0.6 is 0 Å². The summed E-state index contributed by atoms with van der Waals surface area (Å²) in [4.78, 5) is 13.9. The number of hydrogen-bond donors (Lipinski definition) is 1. The molecule has 1 fully saturated rings. The van der Waals surface area contributed by atoms with Crippen LogP contribution in [0.3, 0.4) is 0 Å². The van der Waals surface area contributed by atoms with Crippen LogP contribution in [0, 0.1) is 11.6 Å². The molecule has 1 aliphatic heterocycles. The minimum Gasteiger partial charge on any atom is -0.394 e. The second-order valence-electron chi connectivity index (χ2n) is 4.49. The molecule has 0 saturated carbocycles. The van der Waals surface area contributed by atoms with Crippen LogP contribution in [0.5, 0.6) is 0 Å². The van der Waals surface area contributed by atoms with Crippen molar-refractivity contribution in [2.75, 3.05) is 25.5 Å². The van der Waals surface area contributed by atoms with Crippen LogP contribution in [0.4, 0.5) is 14.5 Å². The van der Waals surface area contributed by atoms with E-state index in [-0.39, 0.29) is 11.6 Å². The van der Waals surface area contributed by atoms with Crippen LogP contribution in [-0.2, 0) is 4.74 Å². The van der Waals surface area contributed by atoms with Gasteiger partial charge < -0.3 is 15.4 Å². The molecule has 1 amide bonds. The van der Waals surface area contributed by atoms with Crippen molar-refractivity contribution in [1.29, 1.82) is 0 Å². The number of halogens is 2. The highest BCUT2D eigenvalue weighted by molar-refractivity contribution is 5.95. The summed E-state index contributed by atoms with van der Waals surface area (Å²) in [5, 5.41) is 0. The Kier molecular flexibility index (Phi) is 3.99. The van der Waals surface area contributed by atoms with Gasteiger partial charge >= 0.3 is 0 Å². The highest BCUT2D eigenvalue weighted by Crippen LogP contribution is 2.20. The third-order valence-electron chi connectivity index (χ3n) is 3.29. The fourth-order valence-electron chi connectivity index (χ4n) is 2.13. The predicted octanol–water partition coefficient (Wildman–Crippen LogP) is 1.80. The maximum Gasteiger partial charge on any atom is 0.254 e. The van der Waals surface area contributed by atoms with Crippen LogP contribution < -0.4 is 5.73 Å². The van der Waals surface area contributed by atoms with Crippen LogP contribution in [0.1, 0.15) is 23.7 Å². The molecular weight excluding hydrogens is 254 g/mol. The molecule has 1 saturated heterocycles. The molecule has 1 unspecified atom stereocenters. The van der Waals surface area contributed by atoms with E-state index >= 15 is 0 Å². The summed E-state index contributed by atoms with van der Waals surface area (Å²) in [6.45, 7) is 3.24. The average Bonchev–Trinajstić information content (AvgIpc) is 2.43. The average molecular weight is 270 g/mol. The van der Waals surface area contributed by atoms with E-state index in [2.05, 4.69) is 0 Å². The first-order valence-electron chi connectivity index (χ1n) is 6.17. The molecule has 6 heteroatoms. The van der Waals surface area contributed by atoms with Crippen molar-refractivity contribution >= 4 is 11.6 Å². The first-order valence-corrected chi connectivity index (χ1v) is 6.17. The molecule has 1 aromatic carbocycles. The van der Waals surface area contributed by atoms with E-state index in [1.807, 2.05) is 6.92 Å². The molecule has 0 bridgehead atoms. The molecule has 4 nitrogen and oxygen atoms in total. The lowest BCUT2D eigenvalue weighted by Gasteiger charge is -2.35. The fraction of sp³-hybridized carbons (Fsp3) is 0.462. The number of rotatable bonds is 2. The van der Waals surface area contributed by atoms with E-state index in [1.165, 1.54) is 0 Å². The number of morpholine rings is 1. The second-order valence-corrected chi connectivity index (χ2v) is 4.49. The Morgan fingerprint density at radius 3 is 2.68 bits per heavy atom. The molecule has 19 heavy (non-hydrogen) atoms. The number of nitrogens with zero attached hydrogens (tertiary/aromatic N) is 1. The molecule has 0 aromatic heterocycles. The van der Waals surface area contributed by atoms with Crippen molar-refractivity contribution < 1.29 is 18.3 Å². The summed E-state index contributed by atoms with van der Waals surface area (Å²) in [7, 11) is 0. The second kappa shape index (κ2) is 5.52. The summed E-state index contributed by atoms with van der Waals surface area (Å²) in [6, 6.07) is 1.89. The Labute approximate surface area is 110 Å². The lowest BCUT2D eigenvalue weighted by atomic mass is 10.1. The summed E-state index contributed by atoms with van der Waals surface area (Å²) in [5.41, 5.74) is 4.60. The zero-order valence-corrected chi connectivity index (χ0v) is 10.7. The van der Waals surface area contributed by atoms with Crippen molar-refractivity contribution in [3.63, 3.8) is 0 Å². The SMILES string of the molecule is CCC1COCCN1C(=O)c1cc(F)c(N)c(F)c1. The van der Waals surface area contributed by atoms with Crippen LogP contribution in [0.25, 0.3) is 0 Å². The highest BCUT2D eigenvalue weighted by Gasteiger charge is 2.27. The number of benzene rings is 1. The number of carbonyl (C=O) groups excluding carboxylic acids is 1. The van der Waals surface area contributed by atoms with E-state index in [9.17, 15) is 13.6 Å². The number of ether oxygens (including phenoxy) is 1. The summed E-state index contributed by atoms with van der Waals surface area (Å²) < 4.78 is 32.1. The summed E-state index contributed by atoms with van der Waals surface area (Å²) in [5.74, 6) is -2.22. The maximum atomic E-state index is 13.4. The van der Waals surface area contributed by atoms with Crippen molar-refractivity contribution in [2.24, 2.45) is 0 Å². The molecule has 1 heterocycles. The normalized spacial score (nSPS) is 19.5. The number of nitrogens with two attached hydrogens (primary N) is 1. The number of hydrogen-bond acceptors (Lipinski definition) is 3. The van der Waals surface area contributed by atoms with Crippen molar-refractivity contribution in [3.05, 3.63) is 29.3 Å². The standard InChI is InChI=1S/C13H16F2N2O2/c1-2-9-7-19-4-3-17(9)13(18)8-5-10(14)12(16)11(15)6-8/h5-6,9H,2-4,7,16H2,1H3. The zero-order chi connectivity index (χ0) is 14.0. The van der Waals surface area contributed by atoms with Crippen LogP contribution in [-0.4, -0.2) is 36.6 Å². The largest absolute Gasteiger partial charge is 0.394 e. The van der Waals surface area contributed by atoms with Gasteiger partial charge in [0.2, 0.25) is 0 Å². The highest BCUT2D eigenvalue weighted by atomic mass is 19.1. The van der Waals surface area contributed by atoms with Crippen molar-refractivity contribution in [3.8, 4) is 0 Å². The van der Waals surface area contributed by atoms with Gasteiger partial charge in [0.05, 0.1) is 19.3 Å². The number of nitrogen functional groups attached to an aromatic ring is 1. The van der Waals surface area contributed by atoms with Crippen molar-refractivity contribution in [2.45, 2.75) is 19.4 Å². The number of anilines is 1. The molecule has 1 atom stereocenters. The maximum absolute atomic E-state index is 13.4. The van der Waals surface area contributed by atoms with Gasteiger partial charge in [0.1, 0.15) is 17.3 Å². The first kappa shape index (κ1) is 13.7. The minimum absolute atomic E-state index is 0.0236. The van der Waals surface area contributed by atoms with E-state index < -0.39 is 23.2 Å². The smallest absolute Gasteiger partial charge is 0.254 e. The minimum atomic E-state index is -0.912. The Bertz CT molecular complexity index is 471. The Morgan fingerprint density at radius 2 is 2.11 bits per heavy atom. The molecule has 1 aliphatic rings. The summed E-state index contributed by atoms with van der Waals surface area (Å²) in [6.07, 6.45) is 0.728. The Balaban J connectivity index is 2.28. The van der Waals surface area contributed by atoms with Gasteiger partial charge in [-0.3, -0.25) is 4.79 Å². The van der Waals surface area contributed by atoms with Gasteiger partial charge in [0.15, 0.2) is 0 Å². The first-order chi connectivity index (χ1) is 9.04. The van der Waals surface area contributed by atoms with Gasteiger partial charge in [-0.25, -0.2) is 8.78 Å². The third kappa shape index (κ3) is 2.68. The van der Waals surface area contributed by atoms with E-state index in [4.69, 9.17) is 10.5 Å².